The fraction of sp³-hybridized carbons (Fsp3) is 0.556. The highest BCUT2D eigenvalue weighted by Crippen LogP contribution is 2.35. The van der Waals surface area contributed by atoms with Gasteiger partial charge in [-0.05, 0) is 89.2 Å². The summed E-state index contributed by atoms with van der Waals surface area (Å²) in [5.74, 6) is 1.34. The van der Waals surface area contributed by atoms with E-state index in [0.717, 1.165) is 24.2 Å². The van der Waals surface area contributed by atoms with E-state index < -0.39 is 0 Å². The minimum absolute atomic E-state index is 0.417. The fourth-order valence-electron chi connectivity index (χ4n) is 8.85. The lowest BCUT2D eigenvalue weighted by Gasteiger charge is -2.21. The Morgan fingerprint density at radius 3 is 0.964 bits per heavy atom. The second kappa shape index (κ2) is 27.2. The average molecular weight is 757 g/mol. The first-order valence-corrected chi connectivity index (χ1v) is 23.4. The third kappa shape index (κ3) is 16.5. The number of nitrogen functional groups attached to an aromatic ring is 2. The predicted octanol–water partition coefficient (Wildman–Crippen LogP) is 16.5. The number of hydrogen-bond donors (Lipinski definition) is 2. The van der Waals surface area contributed by atoms with Crippen molar-refractivity contribution in [2.75, 3.05) is 11.5 Å². The quantitative estimate of drug-likeness (QED) is 0.0411. The van der Waals surface area contributed by atoms with Crippen LogP contribution in [0.5, 0.6) is 0 Å². The smallest absolute Gasteiger partial charge is 0.0314 e. The van der Waals surface area contributed by atoms with Crippen LogP contribution in [0.25, 0.3) is 0 Å². The van der Waals surface area contributed by atoms with Crippen LogP contribution < -0.4 is 11.5 Å². The van der Waals surface area contributed by atoms with E-state index in [1.54, 1.807) is 0 Å². The second-order valence-electron chi connectivity index (χ2n) is 17.1. The van der Waals surface area contributed by atoms with Gasteiger partial charge in [0, 0.05) is 23.2 Å². The van der Waals surface area contributed by atoms with Gasteiger partial charge >= 0.3 is 0 Å². The van der Waals surface area contributed by atoms with Gasteiger partial charge in [0.25, 0.3) is 0 Å². The lowest BCUT2D eigenvalue weighted by Crippen LogP contribution is -2.06. The number of hydrogen-bond acceptors (Lipinski definition) is 2. The predicted molar refractivity (Wildman–Crippen MR) is 248 cm³/mol. The highest BCUT2D eigenvalue weighted by atomic mass is 14.5. The summed E-state index contributed by atoms with van der Waals surface area (Å²) in [6.45, 7) is 6.94. The Morgan fingerprint density at radius 2 is 0.625 bits per heavy atom. The molecular weight excluding hydrogens is 677 g/mol. The van der Waals surface area contributed by atoms with Gasteiger partial charge in [-0.2, -0.15) is 0 Å². The molecule has 0 spiro atoms. The van der Waals surface area contributed by atoms with Gasteiger partial charge in [-0.1, -0.05) is 222 Å². The molecule has 4 N–H and O–H groups in total. The van der Waals surface area contributed by atoms with E-state index in [1.165, 1.54) is 175 Å². The summed E-state index contributed by atoms with van der Waals surface area (Å²) in [5, 5.41) is 0. The standard InChI is InChI=1S/C54H80N2/c1-4-7-9-11-13-15-17-19-21-23-25-53(49-35-39-51(55)40-36-49)47-29-27-44(28-30-47)43-45(6-3)46-31-33-48(34-32-46)54(50-37-41-52(56)42-38-50)26-24-22-20-18-16-14-12-10-8-5-2/h27-42,45,53-54H,4-26,43,55-56H2,1-3H3. The maximum Gasteiger partial charge on any atom is 0.0314 e. The third-order valence-electron chi connectivity index (χ3n) is 12.5. The van der Waals surface area contributed by atoms with Gasteiger partial charge in [0.1, 0.15) is 0 Å². The van der Waals surface area contributed by atoms with Crippen LogP contribution in [0.2, 0.25) is 0 Å². The highest BCUT2D eigenvalue weighted by Gasteiger charge is 2.18. The number of benzene rings is 4. The molecule has 0 saturated carbocycles. The molecule has 0 aliphatic rings. The first-order valence-electron chi connectivity index (χ1n) is 23.4. The zero-order chi connectivity index (χ0) is 39.6. The third-order valence-corrected chi connectivity index (χ3v) is 12.5. The second-order valence-corrected chi connectivity index (χ2v) is 17.1. The van der Waals surface area contributed by atoms with Gasteiger partial charge in [-0.15, -0.1) is 0 Å². The van der Waals surface area contributed by atoms with E-state index >= 15 is 0 Å². The topological polar surface area (TPSA) is 52.0 Å². The minimum Gasteiger partial charge on any atom is -0.399 e. The van der Waals surface area contributed by atoms with Crippen LogP contribution in [0.15, 0.2) is 97.1 Å². The molecule has 0 aliphatic heterocycles. The van der Waals surface area contributed by atoms with Crippen LogP contribution in [0.3, 0.4) is 0 Å². The van der Waals surface area contributed by atoms with Crippen molar-refractivity contribution in [2.45, 2.75) is 193 Å². The van der Waals surface area contributed by atoms with E-state index in [9.17, 15) is 0 Å². The van der Waals surface area contributed by atoms with Gasteiger partial charge in [-0.25, -0.2) is 0 Å². The first-order chi connectivity index (χ1) is 27.5. The van der Waals surface area contributed by atoms with Crippen molar-refractivity contribution in [3.63, 3.8) is 0 Å². The number of anilines is 2. The highest BCUT2D eigenvalue weighted by molar-refractivity contribution is 5.44. The summed E-state index contributed by atoms with van der Waals surface area (Å²) in [6.07, 6.45) is 32.0. The number of unbranched alkanes of at least 4 members (excludes halogenated alkanes) is 18. The van der Waals surface area contributed by atoms with Crippen LogP contribution in [0.4, 0.5) is 11.4 Å². The van der Waals surface area contributed by atoms with E-state index in [4.69, 9.17) is 11.5 Å². The molecule has 0 radical (unpaired) electrons. The summed E-state index contributed by atoms with van der Waals surface area (Å²) in [7, 11) is 0. The van der Waals surface area contributed by atoms with Gasteiger partial charge < -0.3 is 11.5 Å². The molecule has 3 atom stereocenters. The van der Waals surface area contributed by atoms with Crippen molar-refractivity contribution >= 4 is 11.4 Å². The zero-order valence-corrected chi connectivity index (χ0v) is 36.1. The Morgan fingerprint density at radius 1 is 0.339 bits per heavy atom. The molecular formula is C54H80N2. The molecule has 0 aromatic heterocycles. The molecule has 0 amide bonds. The van der Waals surface area contributed by atoms with Crippen LogP contribution >= 0.6 is 0 Å². The van der Waals surface area contributed by atoms with E-state index in [0.29, 0.717) is 17.8 Å². The molecule has 56 heavy (non-hydrogen) atoms. The van der Waals surface area contributed by atoms with Crippen molar-refractivity contribution in [1.82, 2.24) is 0 Å². The molecule has 2 nitrogen and oxygen atoms in total. The SMILES string of the molecule is CCCCCCCCCCCCC(c1ccc(N)cc1)c1ccc(CC(CC)c2ccc(C(CCCCCCCCCCCC)c3ccc(N)cc3)cc2)cc1. The monoisotopic (exact) mass is 757 g/mol. The van der Waals surface area contributed by atoms with Gasteiger partial charge in [-0.3, -0.25) is 0 Å². The Bertz CT molecular complexity index is 1540. The normalized spacial score (nSPS) is 13.1. The fourth-order valence-corrected chi connectivity index (χ4v) is 8.85. The lowest BCUT2D eigenvalue weighted by molar-refractivity contribution is 0.540. The molecule has 0 fully saturated rings. The molecule has 4 rings (SSSR count). The van der Waals surface area contributed by atoms with E-state index in [-0.39, 0.29) is 0 Å². The average Bonchev–Trinajstić information content (AvgIpc) is 3.22. The van der Waals surface area contributed by atoms with Crippen LogP contribution in [-0.4, -0.2) is 0 Å². The Kier molecular flexibility index (Phi) is 21.9. The lowest BCUT2D eigenvalue weighted by atomic mass is 9.83. The number of rotatable bonds is 30. The van der Waals surface area contributed by atoms with Gasteiger partial charge in [0.05, 0.1) is 0 Å². The number of nitrogens with two attached hydrogens (primary N) is 2. The van der Waals surface area contributed by atoms with E-state index in [1.807, 2.05) is 0 Å². The van der Waals surface area contributed by atoms with Crippen LogP contribution in [0.1, 0.15) is 220 Å². The molecule has 0 heterocycles. The molecule has 3 unspecified atom stereocenters. The molecule has 2 heteroatoms. The van der Waals surface area contributed by atoms with Crippen molar-refractivity contribution in [3.8, 4) is 0 Å². The largest absolute Gasteiger partial charge is 0.399 e. The summed E-state index contributed by atoms with van der Waals surface area (Å²) < 4.78 is 0. The summed E-state index contributed by atoms with van der Waals surface area (Å²) in [5.41, 5.74) is 22.4. The van der Waals surface area contributed by atoms with Crippen molar-refractivity contribution in [2.24, 2.45) is 0 Å². The van der Waals surface area contributed by atoms with Gasteiger partial charge in [0.15, 0.2) is 0 Å². The molecule has 4 aromatic carbocycles. The maximum absolute atomic E-state index is 6.11. The Labute approximate surface area is 344 Å². The molecule has 0 aliphatic carbocycles. The van der Waals surface area contributed by atoms with Crippen molar-refractivity contribution < 1.29 is 0 Å². The minimum atomic E-state index is 0.417. The van der Waals surface area contributed by atoms with Crippen LogP contribution in [-0.2, 0) is 6.42 Å². The first kappa shape index (κ1) is 45.2. The van der Waals surface area contributed by atoms with Crippen molar-refractivity contribution in [1.29, 1.82) is 0 Å². The maximum atomic E-state index is 6.11. The van der Waals surface area contributed by atoms with Gasteiger partial charge in [0.2, 0.25) is 0 Å². The summed E-state index contributed by atoms with van der Waals surface area (Å²) >= 11 is 0. The molecule has 0 saturated heterocycles. The summed E-state index contributed by atoms with van der Waals surface area (Å²) in [6, 6.07) is 36.6. The Balaban J connectivity index is 1.33. The Hall–Kier alpha value is -3.52. The summed E-state index contributed by atoms with van der Waals surface area (Å²) in [4.78, 5) is 0. The molecule has 306 valence electrons. The van der Waals surface area contributed by atoms with Crippen LogP contribution in [0, 0.1) is 0 Å². The molecule has 0 bridgehead atoms. The van der Waals surface area contributed by atoms with Crippen molar-refractivity contribution in [3.05, 3.63) is 130 Å². The van der Waals surface area contributed by atoms with E-state index in [2.05, 4.69) is 118 Å². The zero-order valence-electron chi connectivity index (χ0n) is 36.1. The molecule has 4 aromatic rings.